The van der Waals surface area contributed by atoms with E-state index >= 15 is 0 Å². The summed E-state index contributed by atoms with van der Waals surface area (Å²) in [6.07, 6.45) is 8.22. The normalized spacial score (nSPS) is 22.5. The SMILES string of the molecule is CCCCOc1ccc(C2CC3C4NN=C(CCC(=O)NCc5ccc(C)o5)N4C=CN3N2)cc1. The molecule has 4 heterocycles. The monoisotopic (exact) mass is 478 g/mol. The molecule has 0 spiro atoms. The molecule has 1 amide bonds. The average Bonchev–Trinajstić information content (AvgIpc) is 3.59. The van der Waals surface area contributed by atoms with Crippen LogP contribution in [0.3, 0.4) is 0 Å². The Kier molecular flexibility index (Phi) is 6.94. The van der Waals surface area contributed by atoms with Crippen LogP contribution in [0.4, 0.5) is 0 Å². The van der Waals surface area contributed by atoms with Crippen molar-refractivity contribution in [2.24, 2.45) is 5.10 Å². The third kappa shape index (κ3) is 5.30. The van der Waals surface area contributed by atoms with Crippen molar-refractivity contribution in [1.29, 1.82) is 0 Å². The summed E-state index contributed by atoms with van der Waals surface area (Å²) in [7, 11) is 0. The number of rotatable bonds is 10. The molecule has 1 aromatic carbocycles. The van der Waals surface area contributed by atoms with Gasteiger partial charge in [0.2, 0.25) is 5.91 Å². The molecule has 9 nitrogen and oxygen atoms in total. The molecule has 9 heteroatoms. The fraction of sp³-hybridized carbons (Fsp3) is 0.462. The highest BCUT2D eigenvalue weighted by Crippen LogP contribution is 2.34. The molecule has 0 saturated carbocycles. The van der Waals surface area contributed by atoms with Crippen LogP contribution >= 0.6 is 0 Å². The number of hydrazine groups is 1. The van der Waals surface area contributed by atoms with Gasteiger partial charge in [0.25, 0.3) is 0 Å². The Balaban J connectivity index is 1.11. The fourth-order valence-corrected chi connectivity index (χ4v) is 4.74. The minimum absolute atomic E-state index is 0.0162. The van der Waals surface area contributed by atoms with E-state index in [9.17, 15) is 4.79 Å². The second-order valence-corrected chi connectivity index (χ2v) is 9.26. The number of hydrazone groups is 1. The van der Waals surface area contributed by atoms with Gasteiger partial charge in [-0.25, -0.2) is 5.43 Å². The van der Waals surface area contributed by atoms with Crippen LogP contribution in [0.1, 0.15) is 62.2 Å². The van der Waals surface area contributed by atoms with Crippen molar-refractivity contribution in [1.82, 2.24) is 26.1 Å². The number of hydrogen-bond donors (Lipinski definition) is 3. The first-order chi connectivity index (χ1) is 17.1. The summed E-state index contributed by atoms with van der Waals surface area (Å²) in [5.41, 5.74) is 8.14. The first-order valence-corrected chi connectivity index (χ1v) is 12.5. The smallest absolute Gasteiger partial charge is 0.220 e. The molecule has 1 aromatic heterocycles. The Labute approximate surface area is 206 Å². The molecule has 2 aromatic rings. The zero-order valence-corrected chi connectivity index (χ0v) is 20.4. The number of aryl methyl sites for hydroxylation is 1. The molecule has 35 heavy (non-hydrogen) atoms. The average molecular weight is 479 g/mol. The van der Waals surface area contributed by atoms with Crippen molar-refractivity contribution in [3.8, 4) is 5.75 Å². The summed E-state index contributed by atoms with van der Waals surface area (Å²) in [5.74, 6) is 3.39. The molecule has 3 aliphatic heterocycles. The Bertz CT molecular complexity index is 1080. The van der Waals surface area contributed by atoms with E-state index in [1.807, 2.05) is 25.3 Å². The molecule has 3 unspecified atom stereocenters. The predicted molar refractivity (Wildman–Crippen MR) is 133 cm³/mol. The maximum Gasteiger partial charge on any atom is 0.220 e. The van der Waals surface area contributed by atoms with Crippen molar-refractivity contribution in [2.45, 2.75) is 70.7 Å². The second-order valence-electron chi connectivity index (χ2n) is 9.26. The summed E-state index contributed by atoms with van der Waals surface area (Å²) < 4.78 is 11.3. The number of nitrogens with zero attached hydrogens (tertiary/aromatic N) is 3. The van der Waals surface area contributed by atoms with E-state index in [0.717, 1.165) is 49.0 Å². The van der Waals surface area contributed by atoms with Crippen LogP contribution in [0.15, 0.2) is 58.3 Å². The minimum Gasteiger partial charge on any atom is -0.494 e. The molecule has 0 radical (unpaired) electrons. The molecule has 0 bridgehead atoms. The molecule has 0 aliphatic carbocycles. The maximum atomic E-state index is 12.3. The van der Waals surface area contributed by atoms with Gasteiger partial charge in [-0.05, 0) is 49.6 Å². The molecule has 3 aliphatic rings. The van der Waals surface area contributed by atoms with Crippen molar-refractivity contribution in [3.05, 3.63) is 65.9 Å². The lowest BCUT2D eigenvalue weighted by molar-refractivity contribution is -0.121. The number of carbonyl (C=O) groups is 1. The number of amidine groups is 1. The van der Waals surface area contributed by atoms with Gasteiger partial charge in [-0.2, -0.15) is 5.10 Å². The molecular formula is C26H34N6O3. The first-order valence-electron chi connectivity index (χ1n) is 12.5. The van der Waals surface area contributed by atoms with E-state index in [0.29, 0.717) is 19.4 Å². The summed E-state index contributed by atoms with van der Waals surface area (Å²) in [4.78, 5) is 14.5. The number of ether oxygens (including phenoxy) is 1. The van der Waals surface area contributed by atoms with Gasteiger partial charge in [-0.3, -0.25) is 10.2 Å². The lowest BCUT2D eigenvalue weighted by Crippen LogP contribution is -2.54. The molecule has 1 fully saturated rings. The zero-order valence-electron chi connectivity index (χ0n) is 20.4. The van der Waals surface area contributed by atoms with Crippen molar-refractivity contribution in [2.75, 3.05) is 6.61 Å². The topological polar surface area (TPSA) is 94.4 Å². The summed E-state index contributed by atoms with van der Waals surface area (Å²) in [6.45, 7) is 5.22. The number of hydrogen-bond acceptors (Lipinski definition) is 8. The van der Waals surface area contributed by atoms with Gasteiger partial charge in [-0.1, -0.05) is 25.5 Å². The molecule has 5 rings (SSSR count). The third-order valence-corrected chi connectivity index (χ3v) is 6.70. The summed E-state index contributed by atoms with van der Waals surface area (Å²) >= 11 is 0. The van der Waals surface area contributed by atoms with Crippen LogP contribution in [0.5, 0.6) is 5.75 Å². The van der Waals surface area contributed by atoms with Crippen molar-refractivity contribution >= 4 is 11.7 Å². The molecule has 1 saturated heterocycles. The Hall–Kier alpha value is -3.46. The molecular weight excluding hydrogens is 444 g/mol. The van der Waals surface area contributed by atoms with Crippen LogP contribution in [0, 0.1) is 6.92 Å². The van der Waals surface area contributed by atoms with Crippen LogP contribution in [-0.4, -0.2) is 40.5 Å². The quantitative estimate of drug-likeness (QED) is 0.450. The van der Waals surface area contributed by atoms with E-state index in [4.69, 9.17) is 9.15 Å². The van der Waals surface area contributed by atoms with E-state index in [-0.39, 0.29) is 24.2 Å². The highest BCUT2D eigenvalue weighted by molar-refractivity contribution is 5.89. The van der Waals surface area contributed by atoms with E-state index in [1.54, 1.807) is 0 Å². The minimum atomic E-state index is -0.0162. The fourth-order valence-electron chi connectivity index (χ4n) is 4.74. The number of nitrogens with one attached hydrogen (secondary N) is 3. The number of unbranched alkanes of at least 4 members (excludes halogenated alkanes) is 1. The number of furan rings is 1. The Morgan fingerprint density at radius 3 is 2.86 bits per heavy atom. The standard InChI is InChI=1S/C26H34N6O3/c1-3-4-15-34-20-9-6-19(7-10-20)22-16-23-26-29-28-24(31(26)13-14-32(23)30-22)11-12-25(33)27-17-21-8-5-18(2)35-21/h5-10,13-14,22-23,26,29-30H,3-4,11-12,15-17H2,1-2H3,(H,27,33). The van der Waals surface area contributed by atoms with Gasteiger partial charge in [0, 0.05) is 25.2 Å². The number of amides is 1. The third-order valence-electron chi connectivity index (χ3n) is 6.70. The van der Waals surface area contributed by atoms with Crippen LogP contribution in [-0.2, 0) is 11.3 Å². The lowest BCUT2D eigenvalue weighted by atomic mass is 9.99. The first kappa shape index (κ1) is 23.3. The lowest BCUT2D eigenvalue weighted by Gasteiger charge is -2.37. The van der Waals surface area contributed by atoms with E-state index < -0.39 is 0 Å². The molecule has 186 valence electrons. The van der Waals surface area contributed by atoms with Gasteiger partial charge in [0.15, 0.2) is 0 Å². The largest absolute Gasteiger partial charge is 0.494 e. The summed E-state index contributed by atoms with van der Waals surface area (Å²) in [6, 6.07) is 12.6. The van der Waals surface area contributed by atoms with E-state index in [2.05, 4.69) is 68.6 Å². The van der Waals surface area contributed by atoms with Gasteiger partial charge in [0.1, 0.15) is 29.3 Å². The van der Waals surface area contributed by atoms with Crippen LogP contribution in [0.25, 0.3) is 0 Å². The maximum absolute atomic E-state index is 12.3. The van der Waals surface area contributed by atoms with Crippen LogP contribution < -0.4 is 20.9 Å². The van der Waals surface area contributed by atoms with E-state index in [1.165, 1.54) is 5.56 Å². The highest BCUT2D eigenvalue weighted by Gasteiger charge is 2.44. The summed E-state index contributed by atoms with van der Waals surface area (Å²) in [5, 5.41) is 9.63. The van der Waals surface area contributed by atoms with Crippen molar-refractivity contribution < 1.29 is 13.9 Å². The Morgan fingerprint density at radius 2 is 2.09 bits per heavy atom. The number of fused-ring (bicyclic) bond motifs is 3. The second kappa shape index (κ2) is 10.4. The predicted octanol–water partition coefficient (Wildman–Crippen LogP) is 3.51. The van der Waals surface area contributed by atoms with Gasteiger partial charge in [0.05, 0.1) is 25.2 Å². The zero-order chi connectivity index (χ0) is 24.2. The van der Waals surface area contributed by atoms with Gasteiger partial charge >= 0.3 is 0 Å². The highest BCUT2D eigenvalue weighted by atomic mass is 16.5. The van der Waals surface area contributed by atoms with Gasteiger partial charge in [-0.15, -0.1) is 0 Å². The molecule has 3 atom stereocenters. The number of carbonyl (C=O) groups excluding carboxylic acids is 1. The Morgan fingerprint density at radius 1 is 1.23 bits per heavy atom. The van der Waals surface area contributed by atoms with Gasteiger partial charge < -0.3 is 24.4 Å². The molecule has 3 N–H and O–H groups in total. The van der Waals surface area contributed by atoms with Crippen molar-refractivity contribution in [3.63, 3.8) is 0 Å². The number of benzene rings is 1. The van der Waals surface area contributed by atoms with Crippen LogP contribution in [0.2, 0.25) is 0 Å².